The Labute approximate surface area is 148 Å². The number of rotatable bonds is 9. The molecular weight excluding hydrogens is 314 g/mol. The molecule has 4 nitrogen and oxygen atoms in total. The fourth-order valence-electron chi connectivity index (χ4n) is 2.66. The molecule has 0 aromatic heterocycles. The molecule has 25 heavy (non-hydrogen) atoms. The monoisotopic (exact) mass is 337 g/mol. The number of benzene rings is 2. The van der Waals surface area contributed by atoms with Gasteiger partial charge in [-0.15, -0.1) is 0 Å². The number of carbonyl (C=O) groups is 1. The van der Waals surface area contributed by atoms with Crippen LogP contribution in [0.5, 0.6) is 5.75 Å². The lowest BCUT2D eigenvalue weighted by Gasteiger charge is -2.11. The van der Waals surface area contributed by atoms with Crippen molar-refractivity contribution in [2.75, 3.05) is 6.61 Å². The third kappa shape index (κ3) is 5.36. The average Bonchev–Trinajstić information content (AvgIpc) is 2.64. The summed E-state index contributed by atoms with van der Waals surface area (Å²) < 4.78 is 5.78. The van der Waals surface area contributed by atoms with Crippen molar-refractivity contribution in [3.8, 4) is 22.9 Å². The van der Waals surface area contributed by atoms with E-state index < -0.39 is 5.97 Å². The standard InChI is InChI=1S/C21H23NO3/c1-2-3-4-5-6-13-25-18-11-12-19(21(23)24)20(14-18)17-9-7-16(15-22)8-10-17/h7-12,14H,2-6,13H2,1H3,(H,23,24). The van der Waals surface area contributed by atoms with Crippen LogP contribution in [0.4, 0.5) is 0 Å². The third-order valence-corrected chi connectivity index (χ3v) is 4.06. The highest BCUT2D eigenvalue weighted by Gasteiger charge is 2.13. The van der Waals surface area contributed by atoms with Gasteiger partial charge in [0.25, 0.3) is 0 Å². The summed E-state index contributed by atoms with van der Waals surface area (Å²) in [6.45, 7) is 2.81. The van der Waals surface area contributed by atoms with E-state index in [0.717, 1.165) is 18.4 Å². The lowest BCUT2D eigenvalue weighted by molar-refractivity contribution is 0.0697. The van der Waals surface area contributed by atoms with Crippen molar-refractivity contribution in [2.24, 2.45) is 0 Å². The molecule has 0 heterocycles. The maximum absolute atomic E-state index is 11.5. The number of ether oxygens (including phenoxy) is 1. The van der Waals surface area contributed by atoms with Crippen molar-refractivity contribution >= 4 is 5.97 Å². The molecule has 0 saturated heterocycles. The van der Waals surface area contributed by atoms with E-state index in [2.05, 4.69) is 13.0 Å². The molecule has 0 aliphatic heterocycles. The van der Waals surface area contributed by atoms with Gasteiger partial charge in [0.2, 0.25) is 0 Å². The van der Waals surface area contributed by atoms with Gasteiger partial charge in [0.1, 0.15) is 5.75 Å². The molecule has 2 aromatic carbocycles. The molecule has 0 bridgehead atoms. The molecule has 0 saturated carbocycles. The molecule has 0 unspecified atom stereocenters. The number of nitrogens with zero attached hydrogens (tertiary/aromatic N) is 1. The Hall–Kier alpha value is -2.80. The van der Waals surface area contributed by atoms with Crippen LogP contribution in [-0.2, 0) is 0 Å². The molecular formula is C21H23NO3. The Kier molecular flexibility index (Phi) is 7.03. The minimum absolute atomic E-state index is 0.222. The molecule has 1 N–H and O–H groups in total. The van der Waals surface area contributed by atoms with E-state index >= 15 is 0 Å². The summed E-state index contributed by atoms with van der Waals surface area (Å²) in [6.07, 6.45) is 5.81. The van der Waals surface area contributed by atoms with Crippen LogP contribution in [0.3, 0.4) is 0 Å². The smallest absolute Gasteiger partial charge is 0.336 e. The molecule has 4 heteroatoms. The summed E-state index contributed by atoms with van der Waals surface area (Å²) in [6, 6.07) is 14.0. The number of hydrogen-bond acceptors (Lipinski definition) is 3. The van der Waals surface area contributed by atoms with E-state index in [-0.39, 0.29) is 5.56 Å². The molecule has 0 amide bonds. The van der Waals surface area contributed by atoms with Gasteiger partial charge in [-0.1, -0.05) is 44.7 Å². The molecule has 0 fully saturated rings. The van der Waals surface area contributed by atoms with Crippen molar-refractivity contribution in [1.82, 2.24) is 0 Å². The second-order valence-corrected chi connectivity index (χ2v) is 5.96. The van der Waals surface area contributed by atoms with Gasteiger partial charge in [-0.2, -0.15) is 5.26 Å². The molecule has 2 aromatic rings. The van der Waals surface area contributed by atoms with Crippen LogP contribution >= 0.6 is 0 Å². The van der Waals surface area contributed by atoms with Crippen molar-refractivity contribution in [3.05, 3.63) is 53.6 Å². The van der Waals surface area contributed by atoms with E-state index in [1.165, 1.54) is 19.3 Å². The Bertz CT molecular complexity index is 745. The SMILES string of the molecule is CCCCCCCOc1ccc(C(=O)O)c(-c2ccc(C#N)cc2)c1. The summed E-state index contributed by atoms with van der Waals surface area (Å²) in [4.78, 5) is 11.5. The van der Waals surface area contributed by atoms with Gasteiger partial charge in [0.05, 0.1) is 23.8 Å². The first kappa shape index (κ1) is 18.5. The minimum Gasteiger partial charge on any atom is -0.494 e. The van der Waals surface area contributed by atoms with Gasteiger partial charge in [0.15, 0.2) is 0 Å². The number of nitriles is 1. The Morgan fingerprint density at radius 1 is 1.08 bits per heavy atom. The van der Waals surface area contributed by atoms with Gasteiger partial charge >= 0.3 is 5.97 Å². The van der Waals surface area contributed by atoms with Crippen LogP contribution in [0.2, 0.25) is 0 Å². The summed E-state index contributed by atoms with van der Waals surface area (Å²) in [5.74, 6) is -0.315. The normalized spacial score (nSPS) is 10.2. The van der Waals surface area contributed by atoms with Crippen LogP contribution in [0.25, 0.3) is 11.1 Å². The Morgan fingerprint density at radius 2 is 1.80 bits per heavy atom. The zero-order chi connectivity index (χ0) is 18.1. The quantitative estimate of drug-likeness (QED) is 0.633. The van der Waals surface area contributed by atoms with Crippen LogP contribution in [0, 0.1) is 11.3 Å². The summed E-state index contributed by atoms with van der Waals surface area (Å²) in [7, 11) is 0. The van der Waals surface area contributed by atoms with Gasteiger partial charge in [-0.25, -0.2) is 4.79 Å². The van der Waals surface area contributed by atoms with E-state index in [1.54, 1.807) is 42.5 Å². The fraction of sp³-hybridized carbons (Fsp3) is 0.333. The van der Waals surface area contributed by atoms with E-state index in [1.807, 2.05) is 0 Å². The second-order valence-electron chi connectivity index (χ2n) is 5.96. The van der Waals surface area contributed by atoms with Gasteiger partial charge in [-0.05, 0) is 47.9 Å². The highest BCUT2D eigenvalue weighted by Crippen LogP contribution is 2.28. The third-order valence-electron chi connectivity index (χ3n) is 4.06. The number of carboxylic acid groups (broad SMARTS) is 1. The van der Waals surface area contributed by atoms with E-state index in [0.29, 0.717) is 23.5 Å². The lowest BCUT2D eigenvalue weighted by Crippen LogP contribution is -2.02. The predicted octanol–water partition coefficient (Wildman–Crippen LogP) is 5.27. The zero-order valence-corrected chi connectivity index (χ0v) is 14.5. The van der Waals surface area contributed by atoms with E-state index in [4.69, 9.17) is 10.00 Å². The van der Waals surface area contributed by atoms with Crippen LogP contribution < -0.4 is 4.74 Å². The van der Waals surface area contributed by atoms with Gasteiger partial charge in [0, 0.05) is 0 Å². The number of aromatic carboxylic acids is 1. The summed E-state index contributed by atoms with van der Waals surface area (Å²) in [5.41, 5.74) is 2.12. The highest BCUT2D eigenvalue weighted by molar-refractivity contribution is 5.96. The van der Waals surface area contributed by atoms with Crippen molar-refractivity contribution < 1.29 is 14.6 Å². The van der Waals surface area contributed by atoms with Crippen LogP contribution in [0.1, 0.15) is 54.9 Å². The highest BCUT2D eigenvalue weighted by atomic mass is 16.5. The zero-order valence-electron chi connectivity index (χ0n) is 14.5. The minimum atomic E-state index is -0.981. The maximum atomic E-state index is 11.5. The first-order chi connectivity index (χ1) is 12.2. The first-order valence-corrected chi connectivity index (χ1v) is 8.66. The van der Waals surface area contributed by atoms with Crippen LogP contribution in [0.15, 0.2) is 42.5 Å². The first-order valence-electron chi connectivity index (χ1n) is 8.66. The molecule has 0 aliphatic carbocycles. The van der Waals surface area contributed by atoms with Crippen molar-refractivity contribution in [3.63, 3.8) is 0 Å². The molecule has 0 aliphatic rings. The lowest BCUT2D eigenvalue weighted by atomic mass is 9.98. The average molecular weight is 337 g/mol. The summed E-state index contributed by atoms with van der Waals surface area (Å²) >= 11 is 0. The molecule has 130 valence electrons. The number of hydrogen-bond donors (Lipinski definition) is 1. The topological polar surface area (TPSA) is 70.3 Å². The van der Waals surface area contributed by atoms with Gasteiger partial charge < -0.3 is 9.84 Å². The Balaban J connectivity index is 2.13. The van der Waals surface area contributed by atoms with Crippen LogP contribution in [-0.4, -0.2) is 17.7 Å². The Morgan fingerprint density at radius 3 is 2.44 bits per heavy atom. The summed E-state index contributed by atoms with van der Waals surface area (Å²) in [5, 5.41) is 18.3. The van der Waals surface area contributed by atoms with E-state index in [9.17, 15) is 9.90 Å². The van der Waals surface area contributed by atoms with Crippen molar-refractivity contribution in [2.45, 2.75) is 39.0 Å². The van der Waals surface area contributed by atoms with Gasteiger partial charge in [-0.3, -0.25) is 0 Å². The molecule has 2 rings (SSSR count). The predicted molar refractivity (Wildman–Crippen MR) is 97.8 cm³/mol. The second kappa shape index (κ2) is 9.48. The van der Waals surface area contributed by atoms with Crippen molar-refractivity contribution in [1.29, 1.82) is 5.26 Å². The molecule has 0 radical (unpaired) electrons. The number of carboxylic acids is 1. The maximum Gasteiger partial charge on any atom is 0.336 e. The number of unbranched alkanes of at least 4 members (excludes halogenated alkanes) is 4. The molecule has 0 atom stereocenters. The largest absolute Gasteiger partial charge is 0.494 e. The molecule has 0 spiro atoms. The fourth-order valence-corrected chi connectivity index (χ4v) is 2.66.